The number of aliphatic carboxylic acids is 1. The van der Waals surface area contributed by atoms with Crippen LogP contribution in [0.15, 0.2) is 34.9 Å². The Bertz CT molecular complexity index is 671. The Morgan fingerprint density at radius 1 is 1.33 bits per heavy atom. The van der Waals surface area contributed by atoms with E-state index in [1.165, 1.54) is 0 Å². The van der Waals surface area contributed by atoms with Gasteiger partial charge in [0, 0.05) is 47.8 Å². The lowest BCUT2D eigenvalue weighted by Crippen LogP contribution is -2.47. The molecule has 1 fully saturated rings. The number of hydrogen-bond donors (Lipinski definition) is 2. The van der Waals surface area contributed by atoms with Crippen LogP contribution in [0.1, 0.15) is 11.6 Å². The van der Waals surface area contributed by atoms with Gasteiger partial charge in [0.05, 0.1) is 5.52 Å². The summed E-state index contributed by atoms with van der Waals surface area (Å²) in [4.78, 5) is 18.2. The van der Waals surface area contributed by atoms with Crippen LogP contribution in [0, 0.1) is 0 Å². The smallest absolute Gasteiger partial charge is 0.325 e. The zero-order chi connectivity index (χ0) is 14.8. The minimum atomic E-state index is -0.828. The molecule has 0 radical (unpaired) electrons. The summed E-state index contributed by atoms with van der Waals surface area (Å²) >= 11 is 3.50. The number of piperazine rings is 1. The highest BCUT2D eigenvalue weighted by Gasteiger charge is 2.30. The molecule has 1 aromatic carbocycles. The fourth-order valence-electron chi connectivity index (χ4n) is 2.81. The molecule has 1 aliphatic rings. The van der Waals surface area contributed by atoms with Gasteiger partial charge in [0.25, 0.3) is 0 Å². The first-order valence-corrected chi connectivity index (χ1v) is 7.68. The van der Waals surface area contributed by atoms with E-state index in [2.05, 4.69) is 26.2 Å². The van der Waals surface area contributed by atoms with E-state index >= 15 is 0 Å². The molecule has 6 heteroatoms. The first-order chi connectivity index (χ1) is 10.2. The number of fused-ring (bicyclic) bond motifs is 1. The first-order valence-electron chi connectivity index (χ1n) is 6.89. The summed E-state index contributed by atoms with van der Waals surface area (Å²) < 4.78 is 0.929. The fourth-order valence-corrected chi connectivity index (χ4v) is 3.26. The van der Waals surface area contributed by atoms with Crippen molar-refractivity contribution in [2.24, 2.45) is 0 Å². The van der Waals surface area contributed by atoms with Gasteiger partial charge in [0.1, 0.15) is 6.04 Å². The molecule has 2 heterocycles. The van der Waals surface area contributed by atoms with Crippen molar-refractivity contribution in [3.8, 4) is 0 Å². The second-order valence-electron chi connectivity index (χ2n) is 5.06. The molecule has 21 heavy (non-hydrogen) atoms. The molecule has 0 aliphatic carbocycles. The molecule has 2 aromatic rings. The molecule has 0 bridgehead atoms. The Labute approximate surface area is 131 Å². The van der Waals surface area contributed by atoms with E-state index < -0.39 is 12.0 Å². The third kappa shape index (κ3) is 2.79. The Morgan fingerprint density at radius 3 is 2.81 bits per heavy atom. The van der Waals surface area contributed by atoms with Crippen molar-refractivity contribution in [2.45, 2.75) is 6.04 Å². The summed E-state index contributed by atoms with van der Waals surface area (Å²) in [5, 5.41) is 13.9. The monoisotopic (exact) mass is 349 g/mol. The molecule has 1 saturated heterocycles. The number of pyridine rings is 1. The minimum absolute atomic E-state index is 0.655. The Morgan fingerprint density at radius 2 is 2.10 bits per heavy atom. The van der Waals surface area contributed by atoms with Crippen LogP contribution in [0.5, 0.6) is 0 Å². The van der Waals surface area contributed by atoms with Crippen molar-refractivity contribution in [3.63, 3.8) is 0 Å². The maximum atomic E-state index is 11.8. The van der Waals surface area contributed by atoms with Crippen molar-refractivity contribution < 1.29 is 9.90 Å². The van der Waals surface area contributed by atoms with Crippen LogP contribution in [-0.4, -0.2) is 47.1 Å². The average molecular weight is 350 g/mol. The molecule has 1 atom stereocenters. The molecule has 0 amide bonds. The van der Waals surface area contributed by atoms with Gasteiger partial charge in [0.15, 0.2) is 0 Å². The molecule has 0 saturated carbocycles. The standard InChI is InChI=1S/C15H16BrN3O2/c16-12-4-3-11(13-10(12)2-1-5-18-13)14(15(20)21)19-8-6-17-7-9-19/h1-5,14,17H,6-9H2,(H,20,21). The first kappa shape index (κ1) is 14.4. The second kappa shape index (κ2) is 6.09. The van der Waals surface area contributed by atoms with Gasteiger partial charge < -0.3 is 10.4 Å². The van der Waals surface area contributed by atoms with E-state index in [4.69, 9.17) is 0 Å². The van der Waals surface area contributed by atoms with Crippen molar-refractivity contribution in [2.75, 3.05) is 26.2 Å². The highest BCUT2D eigenvalue weighted by atomic mass is 79.9. The van der Waals surface area contributed by atoms with Gasteiger partial charge in [-0.15, -0.1) is 0 Å². The van der Waals surface area contributed by atoms with E-state index in [0.717, 1.165) is 47.1 Å². The Kier molecular flexibility index (Phi) is 4.19. The number of nitrogens with zero attached hydrogens (tertiary/aromatic N) is 2. The normalized spacial score (nSPS) is 17.8. The predicted molar refractivity (Wildman–Crippen MR) is 84.3 cm³/mol. The van der Waals surface area contributed by atoms with Crippen LogP contribution in [0.25, 0.3) is 10.9 Å². The summed E-state index contributed by atoms with van der Waals surface area (Å²) in [6.07, 6.45) is 1.70. The number of carboxylic acids is 1. The lowest BCUT2D eigenvalue weighted by atomic mass is 10.0. The van der Waals surface area contributed by atoms with E-state index in [-0.39, 0.29) is 0 Å². The molecule has 5 nitrogen and oxygen atoms in total. The van der Waals surface area contributed by atoms with E-state index in [1.54, 1.807) is 6.20 Å². The Balaban J connectivity index is 2.11. The summed E-state index contributed by atoms with van der Waals surface area (Å²) in [6.45, 7) is 3.07. The number of hydrogen-bond acceptors (Lipinski definition) is 4. The number of nitrogens with one attached hydrogen (secondary N) is 1. The lowest BCUT2D eigenvalue weighted by Gasteiger charge is -2.33. The van der Waals surface area contributed by atoms with Gasteiger partial charge in [-0.25, -0.2) is 0 Å². The van der Waals surface area contributed by atoms with Crippen molar-refractivity contribution >= 4 is 32.8 Å². The SMILES string of the molecule is O=C(O)C(c1ccc(Br)c2cccnc12)N1CCNCC1. The lowest BCUT2D eigenvalue weighted by molar-refractivity contribution is -0.143. The molecule has 2 N–H and O–H groups in total. The summed E-state index contributed by atoms with van der Waals surface area (Å²) in [5.41, 5.74) is 1.50. The average Bonchev–Trinajstić information content (AvgIpc) is 2.51. The molecule has 1 unspecified atom stereocenters. The van der Waals surface area contributed by atoms with Gasteiger partial charge in [-0.3, -0.25) is 14.7 Å². The fraction of sp³-hybridized carbons (Fsp3) is 0.333. The van der Waals surface area contributed by atoms with Crippen LogP contribution in [0.2, 0.25) is 0 Å². The van der Waals surface area contributed by atoms with Gasteiger partial charge in [0.2, 0.25) is 0 Å². The quantitative estimate of drug-likeness (QED) is 0.887. The predicted octanol–water partition coefficient (Wildman–Crippen LogP) is 2.03. The summed E-state index contributed by atoms with van der Waals surface area (Å²) in [7, 11) is 0. The van der Waals surface area contributed by atoms with E-state index in [1.807, 2.05) is 29.2 Å². The summed E-state index contributed by atoms with van der Waals surface area (Å²) in [6, 6.07) is 6.92. The molecule has 110 valence electrons. The Hall–Kier alpha value is -1.50. The molecule has 1 aromatic heterocycles. The largest absolute Gasteiger partial charge is 0.480 e. The zero-order valence-corrected chi connectivity index (χ0v) is 13.0. The van der Waals surface area contributed by atoms with Crippen LogP contribution >= 0.6 is 15.9 Å². The van der Waals surface area contributed by atoms with Gasteiger partial charge in [-0.2, -0.15) is 0 Å². The number of rotatable bonds is 3. The van der Waals surface area contributed by atoms with Gasteiger partial charge in [-0.05, 0) is 12.1 Å². The highest BCUT2D eigenvalue weighted by Crippen LogP contribution is 2.31. The number of carbonyl (C=O) groups is 1. The van der Waals surface area contributed by atoms with Gasteiger partial charge >= 0.3 is 5.97 Å². The highest BCUT2D eigenvalue weighted by molar-refractivity contribution is 9.10. The van der Waals surface area contributed by atoms with Crippen molar-refractivity contribution in [3.05, 3.63) is 40.5 Å². The topological polar surface area (TPSA) is 65.5 Å². The van der Waals surface area contributed by atoms with Crippen LogP contribution < -0.4 is 5.32 Å². The minimum Gasteiger partial charge on any atom is -0.480 e. The van der Waals surface area contributed by atoms with Gasteiger partial charge in [-0.1, -0.05) is 28.1 Å². The molecular weight excluding hydrogens is 334 g/mol. The molecule has 1 aliphatic heterocycles. The third-order valence-corrected chi connectivity index (χ3v) is 4.48. The van der Waals surface area contributed by atoms with Crippen LogP contribution in [0.4, 0.5) is 0 Å². The number of aromatic nitrogens is 1. The van der Waals surface area contributed by atoms with Crippen molar-refractivity contribution in [1.29, 1.82) is 0 Å². The molecule has 3 rings (SSSR count). The molecular formula is C15H16BrN3O2. The number of halogens is 1. The number of benzene rings is 1. The van der Waals surface area contributed by atoms with Crippen LogP contribution in [-0.2, 0) is 4.79 Å². The van der Waals surface area contributed by atoms with Crippen molar-refractivity contribution in [1.82, 2.24) is 15.2 Å². The maximum Gasteiger partial charge on any atom is 0.325 e. The summed E-state index contributed by atoms with van der Waals surface area (Å²) in [5.74, 6) is -0.828. The zero-order valence-electron chi connectivity index (χ0n) is 11.4. The molecule has 0 spiro atoms. The van der Waals surface area contributed by atoms with E-state index in [9.17, 15) is 9.90 Å². The van der Waals surface area contributed by atoms with E-state index in [0.29, 0.717) is 0 Å². The second-order valence-corrected chi connectivity index (χ2v) is 5.92. The third-order valence-electron chi connectivity index (χ3n) is 3.79. The van der Waals surface area contributed by atoms with Crippen LogP contribution in [0.3, 0.4) is 0 Å². The number of carboxylic acid groups (broad SMARTS) is 1. The maximum absolute atomic E-state index is 11.8.